The predicted molar refractivity (Wildman–Crippen MR) is 81.7 cm³/mol. The first-order valence-corrected chi connectivity index (χ1v) is 7.80. The van der Waals surface area contributed by atoms with Crippen LogP contribution in [0.2, 0.25) is 0 Å². The van der Waals surface area contributed by atoms with Crippen molar-refractivity contribution in [3.8, 4) is 11.8 Å². The summed E-state index contributed by atoms with van der Waals surface area (Å²) in [6.45, 7) is 1.18. The van der Waals surface area contributed by atoms with Crippen LogP contribution in [0, 0.1) is 5.92 Å². The fourth-order valence-electron chi connectivity index (χ4n) is 3.46. The minimum Gasteiger partial charge on any atom is -0.481 e. The van der Waals surface area contributed by atoms with Crippen LogP contribution in [-0.4, -0.2) is 67.0 Å². The first-order chi connectivity index (χ1) is 11.2. The molecule has 0 spiro atoms. The number of aromatic nitrogens is 1. The Hall–Kier alpha value is -1.86. The number of ether oxygens (including phenoxy) is 3. The molecule has 3 atom stereocenters. The molecule has 3 rings (SSSR count). The fourth-order valence-corrected chi connectivity index (χ4v) is 3.46. The van der Waals surface area contributed by atoms with Crippen molar-refractivity contribution in [1.82, 2.24) is 9.88 Å². The van der Waals surface area contributed by atoms with Crippen LogP contribution in [0.1, 0.15) is 23.2 Å². The smallest absolute Gasteiger partial charge is 0.259 e. The number of carbonyl (C=O) groups is 1. The molecule has 2 aliphatic rings. The molecule has 2 fully saturated rings. The van der Waals surface area contributed by atoms with Gasteiger partial charge in [0.25, 0.3) is 5.91 Å². The van der Waals surface area contributed by atoms with Crippen LogP contribution in [0.4, 0.5) is 0 Å². The lowest BCUT2D eigenvalue weighted by molar-refractivity contribution is -0.0449. The van der Waals surface area contributed by atoms with Gasteiger partial charge in [0.05, 0.1) is 33.0 Å². The third-order valence-corrected chi connectivity index (χ3v) is 4.62. The average molecular weight is 322 g/mol. The van der Waals surface area contributed by atoms with Gasteiger partial charge in [0.1, 0.15) is 5.56 Å². The van der Waals surface area contributed by atoms with Gasteiger partial charge in [-0.1, -0.05) is 0 Å². The van der Waals surface area contributed by atoms with E-state index >= 15 is 0 Å². The topological polar surface area (TPSA) is 81.1 Å². The third kappa shape index (κ3) is 2.98. The Labute approximate surface area is 135 Å². The molecule has 1 aliphatic heterocycles. The first kappa shape index (κ1) is 16.0. The number of hydrogen-bond acceptors (Lipinski definition) is 6. The van der Waals surface area contributed by atoms with Gasteiger partial charge < -0.3 is 24.2 Å². The molecule has 7 nitrogen and oxygen atoms in total. The second-order valence-corrected chi connectivity index (χ2v) is 5.91. The molecular weight excluding hydrogens is 300 g/mol. The maximum atomic E-state index is 13.0. The Morgan fingerprint density at radius 2 is 2.22 bits per heavy atom. The standard InChI is InChI=1S/C16H22N2O5/c1-21-14-4-3-11(15(17-14)22-2)16(20)18-5-6-23-13-8-10(9-19)7-12(13)18/h3-4,10,12-13,19H,5-9H2,1-2H3/t10-,12+,13?/m1/s1. The van der Waals surface area contributed by atoms with Crippen LogP contribution in [0.3, 0.4) is 0 Å². The van der Waals surface area contributed by atoms with Crippen molar-refractivity contribution in [2.45, 2.75) is 25.0 Å². The van der Waals surface area contributed by atoms with Gasteiger partial charge in [0.15, 0.2) is 0 Å². The molecule has 0 aromatic carbocycles. The van der Waals surface area contributed by atoms with E-state index in [9.17, 15) is 9.90 Å². The highest BCUT2D eigenvalue weighted by atomic mass is 16.5. The van der Waals surface area contributed by atoms with E-state index in [0.717, 1.165) is 12.8 Å². The number of carbonyl (C=O) groups excluding carboxylic acids is 1. The van der Waals surface area contributed by atoms with Crippen LogP contribution >= 0.6 is 0 Å². The number of aliphatic hydroxyl groups is 1. The van der Waals surface area contributed by atoms with E-state index in [-0.39, 0.29) is 36.5 Å². The molecule has 1 aromatic rings. The SMILES string of the molecule is COc1ccc(C(=O)N2CCOC3C[C@H](CO)C[C@@H]32)c(OC)n1. The summed E-state index contributed by atoms with van der Waals surface area (Å²) in [5.41, 5.74) is 0.418. The second kappa shape index (κ2) is 6.72. The van der Waals surface area contributed by atoms with E-state index < -0.39 is 0 Å². The Kier molecular flexibility index (Phi) is 4.68. The number of amides is 1. The summed E-state index contributed by atoms with van der Waals surface area (Å²) < 4.78 is 16.1. The molecule has 2 heterocycles. The maximum Gasteiger partial charge on any atom is 0.259 e. The molecule has 0 radical (unpaired) electrons. The van der Waals surface area contributed by atoms with E-state index in [4.69, 9.17) is 14.2 Å². The van der Waals surface area contributed by atoms with Gasteiger partial charge in [0, 0.05) is 19.2 Å². The van der Waals surface area contributed by atoms with Gasteiger partial charge in [-0.05, 0) is 24.8 Å². The Morgan fingerprint density at radius 1 is 1.39 bits per heavy atom. The van der Waals surface area contributed by atoms with E-state index in [1.54, 1.807) is 12.1 Å². The molecule has 1 aromatic heterocycles. The molecule has 23 heavy (non-hydrogen) atoms. The molecular formula is C16H22N2O5. The Morgan fingerprint density at radius 3 is 2.91 bits per heavy atom. The zero-order valence-corrected chi connectivity index (χ0v) is 13.4. The molecule has 1 unspecified atom stereocenters. The quantitative estimate of drug-likeness (QED) is 0.879. The molecule has 1 aliphatic carbocycles. The number of nitrogens with zero attached hydrogens (tertiary/aromatic N) is 2. The predicted octanol–water partition coefficient (Wildman–Crippen LogP) is 0.711. The molecule has 126 valence electrons. The van der Waals surface area contributed by atoms with Crippen LogP contribution in [0.25, 0.3) is 0 Å². The van der Waals surface area contributed by atoms with Gasteiger partial charge in [-0.2, -0.15) is 4.98 Å². The second-order valence-electron chi connectivity index (χ2n) is 5.91. The van der Waals surface area contributed by atoms with Gasteiger partial charge in [0.2, 0.25) is 11.8 Å². The summed E-state index contributed by atoms with van der Waals surface area (Å²) in [5, 5.41) is 9.39. The Bertz CT molecular complexity index is 580. The number of aliphatic hydroxyl groups excluding tert-OH is 1. The summed E-state index contributed by atoms with van der Waals surface area (Å²) in [6, 6.07) is 3.33. The summed E-state index contributed by atoms with van der Waals surface area (Å²) in [5.74, 6) is 0.733. The molecule has 1 amide bonds. The fraction of sp³-hybridized carbons (Fsp3) is 0.625. The molecule has 1 saturated heterocycles. The average Bonchev–Trinajstić information content (AvgIpc) is 3.03. The van der Waals surface area contributed by atoms with Crippen molar-refractivity contribution in [2.24, 2.45) is 5.92 Å². The van der Waals surface area contributed by atoms with Crippen molar-refractivity contribution in [3.63, 3.8) is 0 Å². The lowest BCUT2D eigenvalue weighted by Crippen LogP contribution is -2.51. The van der Waals surface area contributed by atoms with Crippen LogP contribution in [-0.2, 0) is 4.74 Å². The normalized spacial score (nSPS) is 26.7. The molecule has 1 N–H and O–H groups in total. The molecule has 1 saturated carbocycles. The highest BCUT2D eigenvalue weighted by molar-refractivity contribution is 5.96. The number of methoxy groups -OCH3 is 2. The van der Waals surface area contributed by atoms with E-state index in [0.29, 0.717) is 24.6 Å². The highest BCUT2D eigenvalue weighted by Gasteiger charge is 2.43. The van der Waals surface area contributed by atoms with Crippen LogP contribution in [0.15, 0.2) is 12.1 Å². The van der Waals surface area contributed by atoms with Crippen molar-refractivity contribution in [2.75, 3.05) is 34.0 Å². The summed E-state index contributed by atoms with van der Waals surface area (Å²) in [6.07, 6.45) is 1.56. The summed E-state index contributed by atoms with van der Waals surface area (Å²) >= 11 is 0. The minimum atomic E-state index is -0.117. The maximum absolute atomic E-state index is 13.0. The summed E-state index contributed by atoms with van der Waals surface area (Å²) in [4.78, 5) is 19.0. The number of pyridine rings is 1. The van der Waals surface area contributed by atoms with E-state index in [1.807, 2.05) is 4.90 Å². The summed E-state index contributed by atoms with van der Waals surface area (Å²) in [7, 11) is 3.00. The van der Waals surface area contributed by atoms with Gasteiger partial charge in [-0.15, -0.1) is 0 Å². The number of morpholine rings is 1. The van der Waals surface area contributed by atoms with E-state index in [1.165, 1.54) is 14.2 Å². The Balaban J connectivity index is 1.85. The zero-order chi connectivity index (χ0) is 16.4. The van der Waals surface area contributed by atoms with Crippen molar-refractivity contribution >= 4 is 5.91 Å². The van der Waals surface area contributed by atoms with Crippen LogP contribution < -0.4 is 9.47 Å². The highest BCUT2D eigenvalue weighted by Crippen LogP contribution is 2.35. The minimum absolute atomic E-state index is 0.000192. The molecule has 7 heteroatoms. The van der Waals surface area contributed by atoms with Crippen molar-refractivity contribution in [1.29, 1.82) is 0 Å². The number of fused-ring (bicyclic) bond motifs is 1. The van der Waals surface area contributed by atoms with Crippen LogP contribution in [0.5, 0.6) is 11.8 Å². The lowest BCUT2D eigenvalue weighted by Gasteiger charge is -2.37. The third-order valence-electron chi connectivity index (χ3n) is 4.62. The van der Waals surface area contributed by atoms with Gasteiger partial charge >= 0.3 is 0 Å². The van der Waals surface area contributed by atoms with Crippen molar-refractivity contribution < 1.29 is 24.1 Å². The number of rotatable bonds is 4. The largest absolute Gasteiger partial charge is 0.481 e. The first-order valence-electron chi connectivity index (χ1n) is 7.80. The van der Waals surface area contributed by atoms with Gasteiger partial charge in [-0.25, -0.2) is 0 Å². The van der Waals surface area contributed by atoms with Gasteiger partial charge in [-0.3, -0.25) is 4.79 Å². The number of hydrogen-bond donors (Lipinski definition) is 1. The van der Waals surface area contributed by atoms with E-state index in [2.05, 4.69) is 4.98 Å². The molecule has 0 bridgehead atoms. The monoisotopic (exact) mass is 322 g/mol. The lowest BCUT2D eigenvalue weighted by atomic mass is 10.1. The van der Waals surface area contributed by atoms with Crippen molar-refractivity contribution in [3.05, 3.63) is 17.7 Å². The zero-order valence-electron chi connectivity index (χ0n) is 13.4.